The molecule has 0 radical (unpaired) electrons. The van der Waals surface area contributed by atoms with Gasteiger partial charge in [-0.15, -0.1) is 0 Å². The maximum Gasteiger partial charge on any atom is 0.410 e. The minimum atomic E-state index is -0.471. The van der Waals surface area contributed by atoms with E-state index in [1.54, 1.807) is 14.2 Å². The van der Waals surface area contributed by atoms with E-state index in [0.29, 0.717) is 30.5 Å². The molecule has 1 aliphatic heterocycles. The third-order valence-electron chi connectivity index (χ3n) is 6.46. The van der Waals surface area contributed by atoms with E-state index in [2.05, 4.69) is 30.7 Å². The molecule has 0 aliphatic carbocycles. The first-order valence-electron chi connectivity index (χ1n) is 11.8. The van der Waals surface area contributed by atoms with Crippen LogP contribution in [0.2, 0.25) is 0 Å². The zero-order chi connectivity index (χ0) is 24.6. The number of amides is 1. The number of rotatable bonds is 4. The van der Waals surface area contributed by atoms with E-state index >= 15 is 0 Å². The van der Waals surface area contributed by atoms with Crippen molar-refractivity contribution < 1.29 is 19.0 Å². The Morgan fingerprint density at radius 1 is 1.03 bits per heavy atom. The Morgan fingerprint density at radius 2 is 1.71 bits per heavy atom. The number of carbonyl (C=O) groups is 1. The van der Waals surface area contributed by atoms with E-state index in [4.69, 9.17) is 19.2 Å². The largest absolute Gasteiger partial charge is 0.493 e. The molecule has 3 aromatic rings. The molecule has 4 rings (SSSR count). The van der Waals surface area contributed by atoms with Crippen LogP contribution in [0.1, 0.15) is 50.7 Å². The zero-order valence-corrected chi connectivity index (χ0v) is 21.3. The number of likely N-dealkylation sites (tertiary alicyclic amines) is 1. The van der Waals surface area contributed by atoms with Gasteiger partial charge in [0.25, 0.3) is 0 Å². The molecule has 0 bridgehead atoms. The molecule has 7 nitrogen and oxygen atoms in total. The number of piperidine rings is 1. The molecule has 182 valence electrons. The number of hydrogen-bond acceptors (Lipinski definition) is 5. The minimum absolute atomic E-state index is 0.219. The number of imidazole rings is 1. The molecule has 0 atom stereocenters. The minimum Gasteiger partial charge on any atom is -0.493 e. The van der Waals surface area contributed by atoms with Crippen LogP contribution >= 0.6 is 0 Å². The second-order valence-electron chi connectivity index (χ2n) is 10.0. The molecule has 34 heavy (non-hydrogen) atoms. The fraction of sp³-hybridized carbons (Fsp3) is 0.481. The highest BCUT2D eigenvalue weighted by molar-refractivity contribution is 5.84. The Balaban J connectivity index is 1.59. The number of hydrogen-bond donors (Lipinski definition) is 0. The van der Waals surface area contributed by atoms with Crippen molar-refractivity contribution >= 4 is 17.1 Å². The summed E-state index contributed by atoms with van der Waals surface area (Å²) in [4.78, 5) is 19.2. The number of nitrogens with zero attached hydrogens (tertiary/aromatic N) is 3. The van der Waals surface area contributed by atoms with Gasteiger partial charge in [-0.05, 0) is 81.8 Å². The fourth-order valence-corrected chi connectivity index (χ4v) is 4.68. The highest BCUT2D eigenvalue weighted by atomic mass is 16.6. The summed E-state index contributed by atoms with van der Waals surface area (Å²) in [6.07, 6.45) is 1.62. The normalized spacial score (nSPS) is 15.0. The van der Waals surface area contributed by atoms with Crippen LogP contribution in [-0.2, 0) is 11.8 Å². The molecule has 1 fully saturated rings. The van der Waals surface area contributed by atoms with Crippen molar-refractivity contribution in [3.63, 3.8) is 0 Å². The van der Waals surface area contributed by atoms with Gasteiger partial charge in [0.05, 0.1) is 25.3 Å². The highest BCUT2D eigenvalue weighted by Gasteiger charge is 2.28. The number of aryl methyl sites for hydroxylation is 2. The van der Waals surface area contributed by atoms with Gasteiger partial charge in [0.15, 0.2) is 11.5 Å². The predicted molar refractivity (Wildman–Crippen MR) is 134 cm³/mol. The smallest absolute Gasteiger partial charge is 0.410 e. The molecule has 0 spiro atoms. The Kier molecular flexibility index (Phi) is 6.47. The Morgan fingerprint density at radius 3 is 2.32 bits per heavy atom. The van der Waals surface area contributed by atoms with E-state index in [1.165, 1.54) is 5.56 Å². The van der Waals surface area contributed by atoms with Gasteiger partial charge in [0.1, 0.15) is 11.4 Å². The Labute approximate surface area is 201 Å². The molecule has 0 N–H and O–H groups in total. The zero-order valence-electron chi connectivity index (χ0n) is 21.3. The Hall–Kier alpha value is -3.22. The molecular weight excluding hydrogens is 430 g/mol. The van der Waals surface area contributed by atoms with Gasteiger partial charge in [0.2, 0.25) is 0 Å². The molecular formula is C27H35N3O4. The van der Waals surface area contributed by atoms with E-state index in [9.17, 15) is 4.79 Å². The second-order valence-corrected chi connectivity index (χ2v) is 10.0. The van der Waals surface area contributed by atoms with Crippen molar-refractivity contribution in [1.82, 2.24) is 14.5 Å². The quantitative estimate of drug-likeness (QED) is 0.496. The van der Waals surface area contributed by atoms with Crippen molar-refractivity contribution in [3.8, 4) is 22.9 Å². The van der Waals surface area contributed by atoms with Crippen molar-refractivity contribution in [1.29, 1.82) is 0 Å². The van der Waals surface area contributed by atoms with Gasteiger partial charge >= 0.3 is 6.09 Å². The van der Waals surface area contributed by atoms with Crippen LogP contribution in [0.3, 0.4) is 0 Å². The SMILES string of the molecule is COc1ccc(-c2nc3c(C)cc(C4CCN(C(=O)OC(C)(C)C)CC4)cc3n2C)cc1OC. The van der Waals surface area contributed by atoms with Crippen molar-refractivity contribution in [3.05, 3.63) is 41.5 Å². The maximum atomic E-state index is 12.4. The number of carbonyl (C=O) groups excluding carboxylic acids is 1. The van der Waals surface area contributed by atoms with Crippen molar-refractivity contribution in [2.45, 2.75) is 52.1 Å². The molecule has 7 heteroatoms. The van der Waals surface area contributed by atoms with Crippen LogP contribution in [0, 0.1) is 6.92 Å². The van der Waals surface area contributed by atoms with E-state index in [-0.39, 0.29) is 6.09 Å². The Bertz CT molecular complexity index is 1200. The molecule has 0 unspecified atom stereocenters. The summed E-state index contributed by atoms with van der Waals surface area (Å²) in [6.45, 7) is 9.24. The van der Waals surface area contributed by atoms with E-state index in [1.807, 2.05) is 43.9 Å². The number of methoxy groups -OCH3 is 2. The lowest BCUT2D eigenvalue weighted by Gasteiger charge is -2.33. The van der Waals surface area contributed by atoms with Gasteiger partial charge in [-0.2, -0.15) is 0 Å². The first-order chi connectivity index (χ1) is 16.1. The summed E-state index contributed by atoms with van der Waals surface area (Å²) in [5.74, 6) is 2.67. The molecule has 1 aliphatic rings. The third-order valence-corrected chi connectivity index (χ3v) is 6.46. The third kappa shape index (κ3) is 4.69. The molecule has 2 aromatic carbocycles. The van der Waals surface area contributed by atoms with Gasteiger partial charge < -0.3 is 23.7 Å². The summed E-state index contributed by atoms with van der Waals surface area (Å²) in [5, 5.41) is 0. The average molecular weight is 466 g/mol. The van der Waals surface area contributed by atoms with Crippen LogP contribution in [0.5, 0.6) is 11.5 Å². The maximum absolute atomic E-state index is 12.4. The van der Waals surface area contributed by atoms with Crippen LogP contribution in [-0.4, -0.2) is 53.5 Å². The van der Waals surface area contributed by atoms with Gasteiger partial charge in [-0.1, -0.05) is 6.07 Å². The summed E-state index contributed by atoms with van der Waals surface area (Å²) in [7, 11) is 5.33. The topological polar surface area (TPSA) is 65.8 Å². The number of fused-ring (bicyclic) bond motifs is 1. The summed E-state index contributed by atoms with van der Waals surface area (Å²) in [5.41, 5.74) is 5.07. The molecule has 1 aromatic heterocycles. The number of benzene rings is 2. The van der Waals surface area contributed by atoms with Crippen molar-refractivity contribution in [2.75, 3.05) is 27.3 Å². The standard InChI is InChI=1S/C27H35N3O4/c1-17-14-20(18-10-12-30(13-11-18)26(31)34-27(2,3)4)15-21-24(17)28-25(29(21)5)19-8-9-22(32-6)23(16-19)33-7/h8-9,14-16,18H,10-13H2,1-7H3. The van der Waals surface area contributed by atoms with E-state index in [0.717, 1.165) is 40.8 Å². The van der Waals surface area contributed by atoms with Crippen LogP contribution < -0.4 is 9.47 Å². The van der Waals surface area contributed by atoms with Crippen LogP contribution in [0.4, 0.5) is 4.79 Å². The van der Waals surface area contributed by atoms with Crippen LogP contribution in [0.15, 0.2) is 30.3 Å². The molecule has 1 saturated heterocycles. The number of aromatic nitrogens is 2. The molecule has 0 saturated carbocycles. The summed E-state index contributed by atoms with van der Waals surface area (Å²) < 4.78 is 18.6. The molecule has 1 amide bonds. The lowest BCUT2D eigenvalue weighted by atomic mass is 9.88. The highest BCUT2D eigenvalue weighted by Crippen LogP contribution is 2.36. The van der Waals surface area contributed by atoms with Gasteiger partial charge in [-0.3, -0.25) is 0 Å². The first-order valence-corrected chi connectivity index (χ1v) is 11.8. The summed E-state index contributed by atoms with van der Waals surface area (Å²) in [6, 6.07) is 10.4. The van der Waals surface area contributed by atoms with Gasteiger partial charge in [0, 0.05) is 25.7 Å². The number of ether oxygens (including phenoxy) is 3. The molecule has 2 heterocycles. The fourth-order valence-electron chi connectivity index (χ4n) is 4.68. The predicted octanol–water partition coefficient (Wildman–Crippen LogP) is 5.68. The lowest BCUT2D eigenvalue weighted by Crippen LogP contribution is -2.41. The first kappa shape index (κ1) is 23.9. The summed E-state index contributed by atoms with van der Waals surface area (Å²) >= 11 is 0. The van der Waals surface area contributed by atoms with Crippen molar-refractivity contribution in [2.24, 2.45) is 7.05 Å². The second kappa shape index (κ2) is 9.20. The lowest BCUT2D eigenvalue weighted by molar-refractivity contribution is 0.0205. The van der Waals surface area contributed by atoms with E-state index < -0.39 is 5.60 Å². The monoisotopic (exact) mass is 465 g/mol. The van der Waals surface area contributed by atoms with Gasteiger partial charge in [-0.25, -0.2) is 9.78 Å². The van der Waals surface area contributed by atoms with Crippen LogP contribution in [0.25, 0.3) is 22.4 Å². The average Bonchev–Trinajstić information content (AvgIpc) is 3.14.